The molecule has 1 spiro atoms. The van der Waals surface area contributed by atoms with E-state index >= 15 is 0 Å². The zero-order chi connectivity index (χ0) is 41.5. The van der Waals surface area contributed by atoms with Crippen molar-refractivity contribution in [1.82, 2.24) is 0 Å². The standard InChI is InChI=1S/C61H40N2/c1-3-19-41(20-4-1)62(43-36-38-60-54(39-43)48-26-10-9-25-47(48)53-30-14-18-34-59(53)63(60)42-21-5-2-6-22-42)44-35-37-52-46-24-8-7-23-45(46)49-27-11-15-31-55(49)61(58(52)40-44)56-32-16-12-28-50(56)51-29-13-17-33-57(51)61/h1-40H. The van der Waals surface area contributed by atoms with E-state index in [1.54, 1.807) is 0 Å². The lowest BCUT2D eigenvalue weighted by molar-refractivity contribution is 0.775. The second-order valence-electron chi connectivity index (χ2n) is 16.8. The molecule has 0 N–H and O–H groups in total. The highest BCUT2D eigenvalue weighted by Crippen LogP contribution is 2.62. The topological polar surface area (TPSA) is 6.48 Å². The van der Waals surface area contributed by atoms with Crippen LogP contribution in [-0.4, -0.2) is 0 Å². The van der Waals surface area contributed by atoms with Gasteiger partial charge in [-0.05, 0) is 127 Å². The summed E-state index contributed by atoms with van der Waals surface area (Å²) < 4.78 is 0. The van der Waals surface area contributed by atoms with Gasteiger partial charge in [0.25, 0.3) is 0 Å². The molecule has 63 heavy (non-hydrogen) atoms. The minimum atomic E-state index is -0.578. The van der Waals surface area contributed by atoms with Gasteiger partial charge in [0.2, 0.25) is 0 Å². The molecular formula is C61H40N2. The molecule has 0 radical (unpaired) electrons. The van der Waals surface area contributed by atoms with Crippen molar-refractivity contribution in [1.29, 1.82) is 0 Å². The lowest BCUT2D eigenvalue weighted by atomic mass is 9.66. The van der Waals surface area contributed by atoms with E-state index in [4.69, 9.17) is 0 Å². The van der Waals surface area contributed by atoms with Gasteiger partial charge in [-0.25, -0.2) is 0 Å². The van der Waals surface area contributed by atoms with Gasteiger partial charge in [0.1, 0.15) is 0 Å². The van der Waals surface area contributed by atoms with E-state index in [1.807, 2.05) is 0 Å². The van der Waals surface area contributed by atoms with Crippen molar-refractivity contribution in [2.45, 2.75) is 5.41 Å². The minimum absolute atomic E-state index is 0.578. The maximum atomic E-state index is 2.51. The van der Waals surface area contributed by atoms with Gasteiger partial charge >= 0.3 is 0 Å². The summed E-state index contributed by atoms with van der Waals surface area (Å²) in [4.78, 5) is 4.88. The number of benzene rings is 10. The van der Waals surface area contributed by atoms with E-state index in [0.29, 0.717) is 0 Å². The first-order valence-electron chi connectivity index (χ1n) is 21.9. The van der Waals surface area contributed by atoms with E-state index in [9.17, 15) is 0 Å². The van der Waals surface area contributed by atoms with Crippen LogP contribution >= 0.6 is 0 Å². The molecule has 0 atom stereocenters. The normalized spacial score (nSPS) is 13.2. The Kier molecular flexibility index (Phi) is 7.85. The maximum absolute atomic E-state index is 2.51. The average Bonchev–Trinajstić information content (AvgIpc) is 3.52. The fourth-order valence-electron chi connectivity index (χ4n) is 11.1. The van der Waals surface area contributed by atoms with Gasteiger partial charge in [-0.1, -0.05) is 182 Å². The van der Waals surface area contributed by atoms with Crippen molar-refractivity contribution in [2.24, 2.45) is 0 Å². The van der Waals surface area contributed by atoms with Gasteiger partial charge in [-0.2, -0.15) is 0 Å². The molecule has 2 heteroatoms. The van der Waals surface area contributed by atoms with E-state index in [1.165, 1.54) is 77.9 Å². The van der Waals surface area contributed by atoms with Crippen molar-refractivity contribution in [3.05, 3.63) is 265 Å². The third kappa shape index (κ3) is 5.13. The molecule has 294 valence electrons. The molecule has 0 amide bonds. The Morgan fingerprint density at radius 3 is 1.25 bits per heavy atom. The summed E-state index contributed by atoms with van der Waals surface area (Å²) in [5, 5.41) is 0. The van der Waals surface area contributed by atoms with Crippen molar-refractivity contribution >= 4 is 34.1 Å². The first kappa shape index (κ1) is 35.5. The zero-order valence-corrected chi connectivity index (χ0v) is 34.5. The van der Waals surface area contributed by atoms with Crippen LogP contribution in [0.4, 0.5) is 34.1 Å². The van der Waals surface area contributed by atoms with Gasteiger partial charge in [0, 0.05) is 33.9 Å². The molecule has 1 heterocycles. The Bertz CT molecular complexity index is 3380. The average molecular weight is 801 g/mol. The number of nitrogens with zero attached hydrogens (tertiary/aromatic N) is 2. The molecule has 1 aliphatic heterocycles. The smallest absolute Gasteiger partial charge is 0.0726 e. The molecule has 0 bridgehead atoms. The Hall–Kier alpha value is -8.20. The van der Waals surface area contributed by atoms with Crippen molar-refractivity contribution in [3.63, 3.8) is 0 Å². The van der Waals surface area contributed by atoms with Crippen LogP contribution in [0.25, 0.3) is 55.6 Å². The first-order valence-corrected chi connectivity index (χ1v) is 21.9. The molecule has 3 aliphatic rings. The van der Waals surface area contributed by atoms with Gasteiger partial charge in [0.05, 0.1) is 16.8 Å². The number of para-hydroxylation sites is 3. The van der Waals surface area contributed by atoms with E-state index in [-0.39, 0.29) is 0 Å². The Balaban J connectivity index is 1.10. The second-order valence-corrected chi connectivity index (χ2v) is 16.8. The predicted octanol–water partition coefficient (Wildman–Crippen LogP) is 16.3. The summed E-state index contributed by atoms with van der Waals surface area (Å²) in [6.07, 6.45) is 0. The van der Waals surface area contributed by atoms with Crippen LogP contribution in [0.15, 0.2) is 243 Å². The van der Waals surface area contributed by atoms with Gasteiger partial charge in [-0.15, -0.1) is 0 Å². The van der Waals surface area contributed by atoms with Crippen LogP contribution in [0.3, 0.4) is 0 Å². The second kappa shape index (κ2) is 13.9. The molecule has 0 saturated carbocycles. The van der Waals surface area contributed by atoms with Crippen LogP contribution in [-0.2, 0) is 5.41 Å². The number of rotatable bonds is 4. The van der Waals surface area contributed by atoms with Gasteiger partial charge in [0.15, 0.2) is 0 Å². The Morgan fingerprint density at radius 1 is 0.254 bits per heavy atom. The largest absolute Gasteiger partial charge is 0.310 e. The molecule has 13 rings (SSSR count). The van der Waals surface area contributed by atoms with Gasteiger partial charge < -0.3 is 9.80 Å². The summed E-state index contributed by atoms with van der Waals surface area (Å²) in [6.45, 7) is 0. The highest BCUT2D eigenvalue weighted by atomic mass is 15.2. The molecular weight excluding hydrogens is 761 g/mol. The van der Waals surface area contributed by atoms with Crippen molar-refractivity contribution in [3.8, 4) is 55.6 Å². The first-order chi connectivity index (χ1) is 31.3. The van der Waals surface area contributed by atoms with E-state index in [2.05, 4.69) is 252 Å². The molecule has 10 aromatic carbocycles. The zero-order valence-electron chi connectivity index (χ0n) is 34.5. The third-order valence-corrected chi connectivity index (χ3v) is 13.6. The Morgan fingerprint density at radius 2 is 0.651 bits per heavy atom. The molecule has 2 aliphatic carbocycles. The van der Waals surface area contributed by atoms with Crippen LogP contribution in [0.2, 0.25) is 0 Å². The molecule has 0 fully saturated rings. The van der Waals surface area contributed by atoms with E-state index in [0.717, 1.165) is 34.1 Å². The lowest BCUT2D eigenvalue weighted by Crippen LogP contribution is -2.29. The summed E-state index contributed by atoms with van der Waals surface area (Å²) in [5.74, 6) is 0. The van der Waals surface area contributed by atoms with Crippen LogP contribution in [0.1, 0.15) is 22.3 Å². The summed E-state index contributed by atoms with van der Waals surface area (Å²) in [7, 11) is 0. The quantitative estimate of drug-likeness (QED) is 0.175. The lowest BCUT2D eigenvalue weighted by Gasteiger charge is -2.36. The highest BCUT2D eigenvalue weighted by molar-refractivity contribution is 6.04. The van der Waals surface area contributed by atoms with Crippen LogP contribution < -0.4 is 9.80 Å². The number of anilines is 6. The summed E-state index contributed by atoms with van der Waals surface area (Å²) in [6, 6.07) is 89.9. The van der Waals surface area contributed by atoms with E-state index < -0.39 is 5.41 Å². The summed E-state index contributed by atoms with van der Waals surface area (Å²) in [5.41, 5.74) is 23.8. The molecule has 2 nitrogen and oxygen atoms in total. The maximum Gasteiger partial charge on any atom is 0.0726 e. The molecule has 10 aromatic rings. The molecule has 0 saturated heterocycles. The third-order valence-electron chi connectivity index (χ3n) is 13.6. The fourth-order valence-corrected chi connectivity index (χ4v) is 11.1. The van der Waals surface area contributed by atoms with Crippen LogP contribution in [0.5, 0.6) is 0 Å². The van der Waals surface area contributed by atoms with Crippen LogP contribution in [0, 0.1) is 0 Å². The number of fused-ring (bicyclic) bond motifs is 17. The molecule has 0 unspecified atom stereocenters. The SMILES string of the molecule is c1ccc(N(c2ccc3c(c2)-c2ccccc2-c2ccccc2N3c2ccccc2)c2ccc3c(c2)C2(c4ccccc4-c4ccccc4-3)c3ccccc3-c3ccccc32)cc1. The van der Waals surface area contributed by atoms with Gasteiger partial charge in [-0.3, -0.25) is 0 Å². The highest BCUT2D eigenvalue weighted by Gasteiger charge is 2.49. The number of hydrogen-bond donors (Lipinski definition) is 0. The fraction of sp³-hybridized carbons (Fsp3) is 0.0164. The Labute approximate surface area is 368 Å². The van der Waals surface area contributed by atoms with Crippen molar-refractivity contribution in [2.75, 3.05) is 9.80 Å². The van der Waals surface area contributed by atoms with Crippen molar-refractivity contribution < 1.29 is 0 Å². The molecule has 0 aromatic heterocycles. The summed E-state index contributed by atoms with van der Waals surface area (Å²) >= 11 is 0. The predicted molar refractivity (Wildman–Crippen MR) is 262 cm³/mol. The minimum Gasteiger partial charge on any atom is -0.310 e. The number of hydrogen-bond acceptors (Lipinski definition) is 2. The monoisotopic (exact) mass is 800 g/mol.